The third-order valence-electron chi connectivity index (χ3n) is 4.53. The van der Waals surface area contributed by atoms with Gasteiger partial charge in [-0.2, -0.15) is 0 Å². The molecule has 0 aliphatic heterocycles. The molecule has 0 saturated carbocycles. The van der Waals surface area contributed by atoms with E-state index in [-0.39, 0.29) is 5.56 Å². The smallest absolute Gasteiger partial charge is 0.337 e. The number of fused-ring (bicyclic) bond motifs is 1. The maximum absolute atomic E-state index is 12.4. The normalized spacial score (nSPS) is 11.1. The monoisotopic (exact) mass is 365 g/mol. The van der Waals surface area contributed by atoms with Gasteiger partial charge in [0.05, 0.1) is 30.1 Å². The van der Waals surface area contributed by atoms with Crippen molar-refractivity contribution in [1.82, 2.24) is 14.9 Å². The summed E-state index contributed by atoms with van der Waals surface area (Å²) in [5.41, 5.74) is 4.35. The first kappa shape index (κ1) is 18.8. The second-order valence-electron chi connectivity index (χ2n) is 6.84. The standard InChI is InChI=1S/C21H23N3O3/c1-13-5-6-16(14(2)9-13)11-24(3)12-19-22-18-10-15(21(26)27-4)7-8-17(18)20(25)23-19/h5-10H,11-12H2,1-4H3,(H,22,23,25). The third kappa shape index (κ3) is 4.23. The fraction of sp³-hybridized carbons (Fsp3) is 0.286. The van der Waals surface area contributed by atoms with E-state index in [2.05, 4.69) is 46.9 Å². The summed E-state index contributed by atoms with van der Waals surface area (Å²) in [6.07, 6.45) is 0. The molecule has 0 spiro atoms. The van der Waals surface area contributed by atoms with E-state index in [1.807, 2.05) is 7.05 Å². The molecule has 0 fully saturated rings. The molecule has 0 saturated heterocycles. The van der Waals surface area contributed by atoms with Crippen molar-refractivity contribution < 1.29 is 9.53 Å². The van der Waals surface area contributed by atoms with Crippen LogP contribution in [0.4, 0.5) is 0 Å². The molecule has 3 aromatic rings. The van der Waals surface area contributed by atoms with Gasteiger partial charge in [0.1, 0.15) is 5.82 Å². The van der Waals surface area contributed by atoms with Crippen molar-refractivity contribution in [3.05, 3.63) is 74.8 Å². The first-order valence-corrected chi connectivity index (χ1v) is 8.73. The number of aromatic amines is 1. The van der Waals surface area contributed by atoms with Gasteiger partial charge >= 0.3 is 5.97 Å². The number of carbonyl (C=O) groups excluding carboxylic acids is 1. The highest BCUT2D eigenvalue weighted by Crippen LogP contribution is 2.15. The van der Waals surface area contributed by atoms with E-state index in [1.165, 1.54) is 23.8 Å². The highest BCUT2D eigenvalue weighted by molar-refractivity contribution is 5.93. The van der Waals surface area contributed by atoms with E-state index >= 15 is 0 Å². The van der Waals surface area contributed by atoms with E-state index in [0.29, 0.717) is 28.8 Å². The number of carbonyl (C=O) groups is 1. The second-order valence-corrected chi connectivity index (χ2v) is 6.84. The molecule has 1 N–H and O–H groups in total. The lowest BCUT2D eigenvalue weighted by atomic mass is 10.1. The Morgan fingerprint density at radius 1 is 1.15 bits per heavy atom. The summed E-state index contributed by atoms with van der Waals surface area (Å²) in [6, 6.07) is 11.1. The molecule has 6 nitrogen and oxygen atoms in total. The lowest BCUT2D eigenvalue weighted by molar-refractivity contribution is 0.0601. The minimum atomic E-state index is -0.451. The third-order valence-corrected chi connectivity index (χ3v) is 4.53. The molecular formula is C21H23N3O3. The summed E-state index contributed by atoms with van der Waals surface area (Å²) >= 11 is 0. The Morgan fingerprint density at radius 3 is 2.63 bits per heavy atom. The van der Waals surface area contributed by atoms with Crippen LogP contribution >= 0.6 is 0 Å². The minimum absolute atomic E-state index is 0.216. The molecule has 0 radical (unpaired) electrons. The van der Waals surface area contributed by atoms with Gasteiger partial charge in [-0.05, 0) is 50.2 Å². The lowest BCUT2D eigenvalue weighted by Crippen LogP contribution is -2.22. The lowest BCUT2D eigenvalue weighted by Gasteiger charge is -2.18. The van der Waals surface area contributed by atoms with Gasteiger partial charge in [-0.15, -0.1) is 0 Å². The van der Waals surface area contributed by atoms with Crippen LogP contribution in [0, 0.1) is 13.8 Å². The number of nitrogens with one attached hydrogen (secondary N) is 1. The number of ether oxygens (including phenoxy) is 1. The van der Waals surface area contributed by atoms with Crippen LogP contribution in [0.15, 0.2) is 41.2 Å². The molecule has 0 aliphatic carbocycles. The van der Waals surface area contributed by atoms with E-state index in [1.54, 1.807) is 18.2 Å². The van der Waals surface area contributed by atoms with Crippen LogP contribution in [-0.2, 0) is 17.8 Å². The van der Waals surface area contributed by atoms with Crippen LogP contribution in [-0.4, -0.2) is 35.0 Å². The molecule has 1 heterocycles. The number of nitrogens with zero attached hydrogens (tertiary/aromatic N) is 2. The molecule has 0 amide bonds. The van der Waals surface area contributed by atoms with Crippen molar-refractivity contribution in [2.24, 2.45) is 0 Å². The summed E-state index contributed by atoms with van der Waals surface area (Å²) in [4.78, 5) is 33.5. The van der Waals surface area contributed by atoms with Gasteiger partial charge in [-0.25, -0.2) is 9.78 Å². The summed E-state index contributed by atoms with van der Waals surface area (Å²) in [7, 11) is 3.31. The number of aryl methyl sites for hydroxylation is 2. The molecule has 3 rings (SSSR count). The Kier molecular flexibility index (Phi) is 5.37. The predicted octanol–water partition coefficient (Wildman–Crippen LogP) is 2.96. The first-order valence-electron chi connectivity index (χ1n) is 8.73. The predicted molar refractivity (Wildman–Crippen MR) is 105 cm³/mol. The van der Waals surface area contributed by atoms with Gasteiger partial charge in [0.2, 0.25) is 0 Å². The van der Waals surface area contributed by atoms with E-state index in [0.717, 1.165) is 6.54 Å². The Bertz CT molecular complexity index is 1060. The Balaban J connectivity index is 1.85. The van der Waals surface area contributed by atoms with Crippen molar-refractivity contribution in [1.29, 1.82) is 0 Å². The van der Waals surface area contributed by atoms with Crippen molar-refractivity contribution in [2.75, 3.05) is 14.2 Å². The van der Waals surface area contributed by atoms with Crippen LogP contribution in [0.5, 0.6) is 0 Å². The van der Waals surface area contributed by atoms with Gasteiger partial charge in [-0.1, -0.05) is 23.8 Å². The van der Waals surface area contributed by atoms with E-state index < -0.39 is 5.97 Å². The number of methoxy groups -OCH3 is 1. The fourth-order valence-electron chi connectivity index (χ4n) is 3.13. The molecule has 0 bridgehead atoms. The van der Waals surface area contributed by atoms with Gasteiger partial charge < -0.3 is 9.72 Å². The van der Waals surface area contributed by atoms with Crippen molar-refractivity contribution in [3.63, 3.8) is 0 Å². The number of aromatic nitrogens is 2. The van der Waals surface area contributed by atoms with Crippen LogP contribution < -0.4 is 5.56 Å². The maximum atomic E-state index is 12.4. The highest BCUT2D eigenvalue weighted by Gasteiger charge is 2.11. The molecule has 0 atom stereocenters. The number of H-pyrrole nitrogens is 1. The van der Waals surface area contributed by atoms with E-state index in [9.17, 15) is 9.59 Å². The number of hydrogen-bond donors (Lipinski definition) is 1. The van der Waals surface area contributed by atoms with Crippen LogP contribution in [0.3, 0.4) is 0 Å². The summed E-state index contributed by atoms with van der Waals surface area (Å²) in [5.74, 6) is 0.106. The zero-order valence-electron chi connectivity index (χ0n) is 16.0. The molecule has 1 aromatic heterocycles. The Hall–Kier alpha value is -2.99. The number of hydrogen-bond acceptors (Lipinski definition) is 5. The zero-order chi connectivity index (χ0) is 19.6. The molecule has 6 heteroatoms. The van der Waals surface area contributed by atoms with Gasteiger partial charge in [-0.3, -0.25) is 9.69 Å². The van der Waals surface area contributed by atoms with Gasteiger partial charge in [0.15, 0.2) is 0 Å². The van der Waals surface area contributed by atoms with Crippen LogP contribution in [0.25, 0.3) is 10.9 Å². The van der Waals surface area contributed by atoms with Gasteiger partial charge in [0.25, 0.3) is 5.56 Å². The molecular weight excluding hydrogens is 342 g/mol. The van der Waals surface area contributed by atoms with E-state index in [4.69, 9.17) is 4.74 Å². The van der Waals surface area contributed by atoms with Gasteiger partial charge in [0, 0.05) is 6.54 Å². The zero-order valence-corrected chi connectivity index (χ0v) is 16.0. The quantitative estimate of drug-likeness (QED) is 0.704. The Labute approximate surface area is 157 Å². The highest BCUT2D eigenvalue weighted by atomic mass is 16.5. The molecule has 27 heavy (non-hydrogen) atoms. The topological polar surface area (TPSA) is 75.3 Å². The number of benzene rings is 2. The average molecular weight is 365 g/mol. The van der Waals surface area contributed by atoms with Crippen molar-refractivity contribution >= 4 is 16.9 Å². The van der Waals surface area contributed by atoms with Crippen molar-refractivity contribution in [3.8, 4) is 0 Å². The Morgan fingerprint density at radius 2 is 1.93 bits per heavy atom. The summed E-state index contributed by atoms with van der Waals surface area (Å²) < 4.78 is 4.74. The minimum Gasteiger partial charge on any atom is -0.465 e. The number of esters is 1. The van der Waals surface area contributed by atoms with Crippen LogP contribution in [0.2, 0.25) is 0 Å². The average Bonchev–Trinajstić information content (AvgIpc) is 2.63. The SMILES string of the molecule is COC(=O)c1ccc2c(=O)[nH]c(CN(C)Cc3ccc(C)cc3C)nc2c1. The largest absolute Gasteiger partial charge is 0.465 e. The molecule has 2 aromatic carbocycles. The molecule has 0 unspecified atom stereocenters. The summed E-state index contributed by atoms with van der Waals surface area (Å²) in [6.45, 7) is 5.41. The maximum Gasteiger partial charge on any atom is 0.337 e. The summed E-state index contributed by atoms with van der Waals surface area (Å²) in [5, 5.41) is 0.448. The number of rotatable bonds is 5. The second kappa shape index (κ2) is 7.72. The molecule has 0 aliphatic rings. The molecule has 140 valence electrons. The first-order chi connectivity index (χ1) is 12.9. The van der Waals surface area contributed by atoms with Crippen LogP contribution in [0.1, 0.15) is 32.9 Å². The van der Waals surface area contributed by atoms with Crippen molar-refractivity contribution in [2.45, 2.75) is 26.9 Å². The fourth-order valence-corrected chi connectivity index (χ4v) is 3.13.